The quantitative estimate of drug-likeness (QED) is 0.379. The molecular weight excluding hydrogens is 183 g/mol. The van der Waals surface area contributed by atoms with E-state index in [0.29, 0.717) is 0 Å². The zero-order valence-electron chi connectivity index (χ0n) is 7.17. The number of rotatable bonds is 0. The van der Waals surface area contributed by atoms with E-state index in [-0.39, 0.29) is 46.0 Å². The molecule has 0 rings (SSSR count). The van der Waals surface area contributed by atoms with Crippen LogP contribution in [-0.4, -0.2) is 33.5 Å². The van der Waals surface area contributed by atoms with Crippen LogP contribution in [0, 0.1) is 0 Å². The third kappa shape index (κ3) is 23600. The number of hydrogen-bond donors (Lipinski definition) is 1. The monoisotopic (exact) mass is 196 g/mol. The van der Waals surface area contributed by atoms with Gasteiger partial charge in [-0.05, 0) is 6.92 Å². The second-order valence-electron chi connectivity index (χ2n) is 1.01. The summed E-state index contributed by atoms with van der Waals surface area (Å²) in [6, 6.07) is 0. The summed E-state index contributed by atoms with van der Waals surface area (Å²) in [6.07, 6.45) is 0. The summed E-state index contributed by atoms with van der Waals surface area (Å²) in [5.74, 6) is -1.92. The fraction of sp³-hybridized carbons (Fsp3) is 0.500. The predicted molar refractivity (Wildman–Crippen MR) is 34.8 cm³/mol. The minimum atomic E-state index is -1.08. The molecule has 0 aromatic rings. The van der Waals surface area contributed by atoms with Crippen LogP contribution in [0.3, 0.4) is 0 Å². The van der Waals surface area contributed by atoms with Crippen molar-refractivity contribution in [3.8, 4) is 0 Å². The van der Waals surface area contributed by atoms with Gasteiger partial charge in [0.1, 0.15) is 0 Å². The summed E-state index contributed by atoms with van der Waals surface area (Å²) >= 11 is 0. The Kier molecular flexibility index (Phi) is 105. The molecule has 7 N–H and O–H groups in total. The van der Waals surface area contributed by atoms with Crippen molar-refractivity contribution >= 4 is 11.9 Å². The summed E-state index contributed by atoms with van der Waals surface area (Å²) in [4.78, 5) is 17.9. The van der Waals surface area contributed by atoms with Crippen LogP contribution in [0.4, 0.5) is 0 Å². The van der Waals surface area contributed by atoms with E-state index in [1.165, 1.54) is 0 Å². The van der Waals surface area contributed by atoms with Crippen molar-refractivity contribution < 1.29 is 65.8 Å². The predicted octanol–water partition coefficient (Wildman–Crippen LogP) is -6.62. The molecule has 0 spiro atoms. The fourth-order valence-electron chi connectivity index (χ4n) is 0. The molecule has 0 atom stereocenters. The molecule has 0 aliphatic carbocycles. The molecule has 0 fully saturated rings. The van der Waals surface area contributed by atoms with Gasteiger partial charge in [0, 0.05) is 12.9 Å². The number of carbonyl (C=O) groups excluding carboxylic acids is 1. The van der Waals surface area contributed by atoms with Crippen molar-refractivity contribution in [2.45, 2.75) is 13.8 Å². The molecule has 0 saturated heterocycles. The maximum absolute atomic E-state index is 9.00. The van der Waals surface area contributed by atoms with Crippen LogP contribution in [-0.2, 0) is 9.59 Å². The van der Waals surface area contributed by atoms with Gasteiger partial charge in [-0.25, -0.2) is 0 Å². The van der Waals surface area contributed by atoms with Crippen molar-refractivity contribution in [2.75, 3.05) is 0 Å². The molecule has 0 aliphatic heterocycles. The Bertz CT molecular complexity index is 73.4. The third-order valence-electron chi connectivity index (χ3n) is 0. The van der Waals surface area contributed by atoms with Crippen molar-refractivity contribution in [1.82, 2.24) is 0 Å². The maximum atomic E-state index is 9.00. The molecule has 0 radical (unpaired) electrons. The zero-order valence-corrected chi connectivity index (χ0v) is 9.17. The standard InChI is InChI=1S/2C2H4O2.Na.3H2O/c2*1-2(3)4;;;;/h2*1H3,(H,3,4);;3*1H2/q;;+1;;;/p-1. The number of carbonyl (C=O) groups is 2. The molecule has 0 aromatic heterocycles. The first-order chi connectivity index (χ1) is 3.46. The Balaban J connectivity index is -0.0000000112. The van der Waals surface area contributed by atoms with Crippen molar-refractivity contribution in [3.05, 3.63) is 0 Å². The summed E-state index contributed by atoms with van der Waals surface area (Å²) < 4.78 is 0. The number of aliphatic carboxylic acids is 2. The third-order valence-corrected chi connectivity index (χ3v) is 0. The molecule has 0 aliphatic rings. The van der Waals surface area contributed by atoms with Crippen molar-refractivity contribution in [2.24, 2.45) is 0 Å². The van der Waals surface area contributed by atoms with E-state index in [1.807, 2.05) is 0 Å². The van der Waals surface area contributed by atoms with Crippen LogP contribution in [0.25, 0.3) is 0 Å². The summed E-state index contributed by atoms with van der Waals surface area (Å²) in [6.45, 7) is 2.06. The summed E-state index contributed by atoms with van der Waals surface area (Å²) in [5, 5.41) is 16.3. The minimum Gasteiger partial charge on any atom is -0.550 e. The van der Waals surface area contributed by atoms with Crippen molar-refractivity contribution in [3.63, 3.8) is 0 Å². The first kappa shape index (κ1) is 40.9. The molecule has 0 amide bonds. The normalized spacial score (nSPS) is 4.17. The van der Waals surface area contributed by atoms with Crippen LogP contribution >= 0.6 is 0 Å². The average molecular weight is 196 g/mol. The first-order valence-electron chi connectivity index (χ1n) is 1.84. The SMILES string of the molecule is CC(=O)O.CC(=O)[O-].O.O.O.[Na+]. The molecule has 0 saturated carbocycles. The van der Waals surface area contributed by atoms with Gasteiger partial charge in [0.2, 0.25) is 0 Å². The Morgan fingerprint density at radius 3 is 1.08 bits per heavy atom. The van der Waals surface area contributed by atoms with Gasteiger partial charge < -0.3 is 31.4 Å². The molecule has 8 heteroatoms. The molecular formula is C4H13NaO7. The first-order valence-corrected chi connectivity index (χ1v) is 1.84. The van der Waals surface area contributed by atoms with E-state index < -0.39 is 11.9 Å². The van der Waals surface area contributed by atoms with E-state index in [4.69, 9.17) is 19.8 Å². The molecule has 0 unspecified atom stereocenters. The Morgan fingerprint density at radius 2 is 1.08 bits per heavy atom. The molecule has 0 aromatic carbocycles. The molecule has 0 bridgehead atoms. The van der Waals surface area contributed by atoms with Crippen LogP contribution in [0.2, 0.25) is 0 Å². The maximum Gasteiger partial charge on any atom is 1.00 e. The minimum absolute atomic E-state index is 0. The van der Waals surface area contributed by atoms with Gasteiger partial charge in [-0.1, -0.05) is 0 Å². The van der Waals surface area contributed by atoms with E-state index in [9.17, 15) is 0 Å². The topological polar surface area (TPSA) is 172 Å². The summed E-state index contributed by atoms with van der Waals surface area (Å²) in [7, 11) is 0. The second kappa shape index (κ2) is 30.8. The van der Waals surface area contributed by atoms with Gasteiger partial charge in [-0.3, -0.25) is 4.79 Å². The van der Waals surface area contributed by atoms with Gasteiger partial charge in [0.15, 0.2) is 0 Å². The van der Waals surface area contributed by atoms with Crippen molar-refractivity contribution in [1.29, 1.82) is 0 Å². The average Bonchev–Trinajstić information content (AvgIpc) is 1.25. The largest absolute Gasteiger partial charge is 1.00 e. The van der Waals surface area contributed by atoms with Crippen LogP contribution < -0.4 is 34.7 Å². The van der Waals surface area contributed by atoms with E-state index in [1.54, 1.807) is 0 Å². The van der Waals surface area contributed by atoms with Gasteiger partial charge in [0.05, 0.1) is 0 Å². The number of hydrogen-bond acceptors (Lipinski definition) is 3. The van der Waals surface area contributed by atoms with E-state index in [2.05, 4.69) is 0 Å². The zero-order chi connectivity index (χ0) is 7.15. The second-order valence-corrected chi connectivity index (χ2v) is 1.01. The Hall–Kier alpha value is -0.180. The van der Waals surface area contributed by atoms with Gasteiger partial charge in [-0.15, -0.1) is 0 Å². The van der Waals surface area contributed by atoms with Gasteiger partial charge in [0.25, 0.3) is 5.97 Å². The Labute approximate surface area is 91.6 Å². The van der Waals surface area contributed by atoms with Crippen LogP contribution in [0.1, 0.15) is 13.8 Å². The van der Waals surface area contributed by atoms with Gasteiger partial charge >= 0.3 is 29.6 Å². The molecule has 7 nitrogen and oxygen atoms in total. The number of carboxylic acid groups (broad SMARTS) is 2. The smallest absolute Gasteiger partial charge is 0.550 e. The Morgan fingerprint density at radius 1 is 1.08 bits per heavy atom. The van der Waals surface area contributed by atoms with Crippen LogP contribution in [0.5, 0.6) is 0 Å². The van der Waals surface area contributed by atoms with E-state index >= 15 is 0 Å². The molecule has 72 valence electrons. The molecule has 12 heavy (non-hydrogen) atoms. The molecule has 0 heterocycles. The van der Waals surface area contributed by atoms with E-state index in [0.717, 1.165) is 13.8 Å². The number of carboxylic acids is 2. The fourth-order valence-corrected chi connectivity index (χ4v) is 0. The van der Waals surface area contributed by atoms with Gasteiger partial charge in [-0.2, -0.15) is 0 Å². The summed E-state index contributed by atoms with van der Waals surface area (Å²) in [5.41, 5.74) is 0. The van der Waals surface area contributed by atoms with Crippen LogP contribution in [0.15, 0.2) is 0 Å².